The van der Waals surface area contributed by atoms with E-state index >= 15 is 0 Å². The van der Waals surface area contributed by atoms with Gasteiger partial charge >= 0.3 is 5.97 Å². The third kappa shape index (κ3) is 4.65. The van der Waals surface area contributed by atoms with Gasteiger partial charge in [-0.05, 0) is 31.9 Å². The summed E-state index contributed by atoms with van der Waals surface area (Å²) in [6.07, 6.45) is 1.79. The van der Waals surface area contributed by atoms with Crippen molar-refractivity contribution in [2.75, 3.05) is 6.61 Å². The van der Waals surface area contributed by atoms with Crippen LogP contribution in [0.5, 0.6) is 0 Å². The lowest BCUT2D eigenvalue weighted by Gasteiger charge is -2.34. The van der Waals surface area contributed by atoms with Crippen LogP contribution in [-0.4, -0.2) is 23.4 Å². The Morgan fingerprint density at radius 3 is 2.48 bits per heavy atom. The molecule has 0 spiro atoms. The van der Waals surface area contributed by atoms with E-state index in [9.17, 15) is 9.59 Å². The summed E-state index contributed by atoms with van der Waals surface area (Å²) in [5, 5.41) is 0. The summed E-state index contributed by atoms with van der Waals surface area (Å²) < 4.78 is 5.38. The number of hydrogen-bond acceptors (Lipinski definition) is 3. The largest absolute Gasteiger partial charge is 0.458 e. The lowest BCUT2D eigenvalue weighted by molar-refractivity contribution is -0.139. The fourth-order valence-electron chi connectivity index (χ4n) is 3.85. The second-order valence-corrected chi connectivity index (χ2v) is 7.53. The number of hydrogen-bond donors (Lipinski definition) is 0. The number of nitrogens with zero attached hydrogens (tertiary/aromatic N) is 1. The van der Waals surface area contributed by atoms with E-state index in [-0.39, 0.29) is 24.9 Å². The Kier molecular flexibility index (Phi) is 6.32. The molecule has 2 aromatic rings. The summed E-state index contributed by atoms with van der Waals surface area (Å²) >= 11 is 0. The van der Waals surface area contributed by atoms with Gasteiger partial charge < -0.3 is 9.64 Å². The minimum atomic E-state index is -0.393. The van der Waals surface area contributed by atoms with Crippen molar-refractivity contribution in [2.45, 2.75) is 39.7 Å². The molecule has 0 bridgehead atoms. The molecular weight excluding hydrogens is 362 g/mol. The molecular formula is C25H27NO3. The van der Waals surface area contributed by atoms with Crippen molar-refractivity contribution in [3.8, 4) is 0 Å². The van der Waals surface area contributed by atoms with Crippen molar-refractivity contribution in [3.63, 3.8) is 0 Å². The van der Waals surface area contributed by atoms with Crippen molar-refractivity contribution >= 4 is 11.9 Å². The number of rotatable bonds is 6. The first-order valence-electron chi connectivity index (χ1n) is 9.82. The molecule has 1 aliphatic heterocycles. The molecule has 2 aromatic carbocycles. The maximum atomic E-state index is 13.1. The second-order valence-electron chi connectivity index (χ2n) is 7.53. The van der Waals surface area contributed by atoms with Crippen LogP contribution in [-0.2, 0) is 20.9 Å². The number of allylic oxidation sites excluding steroid dienone is 1. The number of amides is 1. The average molecular weight is 389 g/mol. The van der Waals surface area contributed by atoms with E-state index in [1.807, 2.05) is 63.2 Å². The van der Waals surface area contributed by atoms with E-state index in [0.29, 0.717) is 17.8 Å². The Bertz CT molecular complexity index is 974. The summed E-state index contributed by atoms with van der Waals surface area (Å²) in [6.45, 7) is 10.1. The van der Waals surface area contributed by atoms with E-state index in [2.05, 4.69) is 12.6 Å². The highest BCUT2D eigenvalue weighted by Crippen LogP contribution is 2.38. The first-order valence-corrected chi connectivity index (χ1v) is 9.82. The molecule has 3 rings (SSSR count). The monoisotopic (exact) mass is 389 g/mol. The summed E-state index contributed by atoms with van der Waals surface area (Å²) in [7, 11) is 0. The Balaban J connectivity index is 2.03. The highest BCUT2D eigenvalue weighted by Gasteiger charge is 2.36. The van der Waals surface area contributed by atoms with E-state index < -0.39 is 5.97 Å². The standard InChI is InChI=1S/C25H27NO3/c1-5-12-29-25(28)24-19(4)26(16-20-10-6-8-17(2)13-20)23(27)15-22(24)21-11-7-9-18(3)14-21/h5-11,13-14,22H,1,12,15-16H2,2-4H3. The van der Waals surface area contributed by atoms with Gasteiger partial charge in [0, 0.05) is 18.0 Å². The third-order valence-corrected chi connectivity index (χ3v) is 5.24. The van der Waals surface area contributed by atoms with Crippen LogP contribution in [0.25, 0.3) is 0 Å². The van der Waals surface area contributed by atoms with Gasteiger partial charge in [-0.15, -0.1) is 0 Å². The molecule has 1 atom stereocenters. The van der Waals surface area contributed by atoms with Crippen LogP contribution in [0.4, 0.5) is 0 Å². The van der Waals surface area contributed by atoms with E-state index in [1.165, 1.54) is 0 Å². The zero-order chi connectivity index (χ0) is 21.0. The van der Waals surface area contributed by atoms with Crippen LogP contribution in [0.2, 0.25) is 0 Å². The zero-order valence-corrected chi connectivity index (χ0v) is 17.3. The molecule has 29 heavy (non-hydrogen) atoms. The molecule has 0 aromatic heterocycles. The molecule has 1 amide bonds. The van der Waals surface area contributed by atoms with Gasteiger partial charge in [-0.2, -0.15) is 0 Å². The SMILES string of the molecule is C=CCOC(=O)C1=C(C)N(Cc2cccc(C)c2)C(=O)CC1c1cccc(C)c1. The molecule has 1 heterocycles. The number of carbonyl (C=O) groups excluding carboxylic acids is 2. The fourth-order valence-corrected chi connectivity index (χ4v) is 3.85. The Labute approximate surface area is 172 Å². The maximum absolute atomic E-state index is 13.1. The van der Waals surface area contributed by atoms with Crippen LogP contribution in [0.3, 0.4) is 0 Å². The quantitative estimate of drug-likeness (QED) is 0.525. The molecule has 0 N–H and O–H groups in total. The number of benzene rings is 2. The lowest BCUT2D eigenvalue weighted by Crippen LogP contribution is -2.38. The second kappa shape index (κ2) is 8.91. The summed E-state index contributed by atoms with van der Waals surface area (Å²) in [6, 6.07) is 16.0. The highest BCUT2D eigenvalue weighted by atomic mass is 16.5. The lowest BCUT2D eigenvalue weighted by atomic mass is 9.83. The predicted molar refractivity (Wildman–Crippen MR) is 114 cm³/mol. The molecule has 1 unspecified atom stereocenters. The Hall–Kier alpha value is -3.14. The smallest absolute Gasteiger partial charge is 0.336 e. The van der Waals surface area contributed by atoms with Crippen molar-refractivity contribution in [1.82, 2.24) is 4.90 Å². The average Bonchev–Trinajstić information content (AvgIpc) is 2.69. The molecule has 0 saturated heterocycles. The molecule has 0 fully saturated rings. The van der Waals surface area contributed by atoms with E-state index in [0.717, 1.165) is 22.3 Å². The van der Waals surface area contributed by atoms with Gasteiger partial charge in [-0.25, -0.2) is 4.79 Å². The molecule has 4 nitrogen and oxygen atoms in total. The van der Waals surface area contributed by atoms with Gasteiger partial charge in [0.15, 0.2) is 0 Å². The van der Waals surface area contributed by atoms with Gasteiger partial charge in [0.05, 0.1) is 12.1 Å². The van der Waals surface area contributed by atoms with Crippen molar-refractivity contribution in [3.05, 3.63) is 94.7 Å². The van der Waals surface area contributed by atoms with Crippen LogP contribution in [0, 0.1) is 13.8 Å². The first-order chi connectivity index (χ1) is 13.9. The number of esters is 1. The molecule has 1 aliphatic rings. The van der Waals surface area contributed by atoms with Crippen molar-refractivity contribution in [1.29, 1.82) is 0 Å². The van der Waals surface area contributed by atoms with Gasteiger partial charge in [0.1, 0.15) is 6.61 Å². The topological polar surface area (TPSA) is 46.6 Å². The van der Waals surface area contributed by atoms with Crippen LogP contribution < -0.4 is 0 Å². The van der Waals surface area contributed by atoms with Crippen LogP contribution >= 0.6 is 0 Å². The normalized spacial score (nSPS) is 16.7. The van der Waals surface area contributed by atoms with Gasteiger partial charge in [0.25, 0.3) is 0 Å². The Morgan fingerprint density at radius 1 is 1.14 bits per heavy atom. The fraction of sp³-hybridized carbons (Fsp3) is 0.280. The first kappa shape index (κ1) is 20.6. The highest BCUT2D eigenvalue weighted by molar-refractivity contribution is 5.95. The number of ether oxygens (including phenoxy) is 1. The summed E-state index contributed by atoms with van der Waals surface area (Å²) in [5.74, 6) is -0.695. The minimum absolute atomic E-state index is 0.00998. The van der Waals surface area contributed by atoms with E-state index in [4.69, 9.17) is 4.74 Å². The van der Waals surface area contributed by atoms with Crippen LogP contribution in [0.1, 0.15) is 41.5 Å². The molecule has 150 valence electrons. The van der Waals surface area contributed by atoms with Crippen molar-refractivity contribution in [2.24, 2.45) is 0 Å². The predicted octanol–water partition coefficient (Wildman–Crippen LogP) is 4.82. The zero-order valence-electron chi connectivity index (χ0n) is 17.3. The number of carbonyl (C=O) groups is 2. The maximum Gasteiger partial charge on any atom is 0.336 e. The van der Waals surface area contributed by atoms with Gasteiger partial charge in [-0.1, -0.05) is 72.3 Å². The van der Waals surface area contributed by atoms with Crippen LogP contribution in [0.15, 0.2) is 72.5 Å². The molecule has 4 heteroatoms. The van der Waals surface area contributed by atoms with Gasteiger partial charge in [-0.3, -0.25) is 4.79 Å². The summed E-state index contributed by atoms with van der Waals surface area (Å²) in [5.41, 5.74) is 5.42. The molecule has 0 saturated carbocycles. The molecule has 0 radical (unpaired) electrons. The van der Waals surface area contributed by atoms with Crippen molar-refractivity contribution < 1.29 is 14.3 Å². The summed E-state index contributed by atoms with van der Waals surface area (Å²) in [4.78, 5) is 27.7. The van der Waals surface area contributed by atoms with E-state index in [1.54, 1.807) is 11.0 Å². The van der Waals surface area contributed by atoms with Gasteiger partial charge in [0.2, 0.25) is 5.91 Å². The Morgan fingerprint density at radius 2 is 1.83 bits per heavy atom. The number of aryl methyl sites for hydroxylation is 2. The molecule has 0 aliphatic carbocycles. The minimum Gasteiger partial charge on any atom is -0.458 e. The third-order valence-electron chi connectivity index (χ3n) is 5.24.